The first-order valence-corrected chi connectivity index (χ1v) is 6.99. The van der Waals surface area contributed by atoms with E-state index in [0.717, 1.165) is 5.56 Å². The van der Waals surface area contributed by atoms with Crippen molar-refractivity contribution in [1.29, 1.82) is 0 Å². The zero-order valence-corrected chi connectivity index (χ0v) is 10.1. The number of rotatable bonds is 5. The van der Waals surface area contributed by atoms with Crippen LogP contribution in [-0.2, 0) is 16.3 Å². The third kappa shape index (κ3) is 3.92. The van der Waals surface area contributed by atoms with Crippen molar-refractivity contribution < 1.29 is 13.5 Å². The molecule has 1 aromatic carbocycles. The molecule has 0 saturated carbocycles. The van der Waals surface area contributed by atoms with Crippen molar-refractivity contribution >= 4 is 9.84 Å². The van der Waals surface area contributed by atoms with Gasteiger partial charge in [-0.2, -0.15) is 0 Å². The van der Waals surface area contributed by atoms with Crippen molar-refractivity contribution in [2.45, 2.75) is 23.8 Å². The van der Waals surface area contributed by atoms with Gasteiger partial charge in [-0.25, -0.2) is 8.42 Å². The number of sulfone groups is 1. The monoisotopic (exact) mass is 243 g/mol. The lowest BCUT2D eigenvalue weighted by Crippen LogP contribution is -2.20. The van der Waals surface area contributed by atoms with Crippen LogP contribution in [-0.4, -0.2) is 32.4 Å². The van der Waals surface area contributed by atoms with Crippen molar-refractivity contribution in [3.05, 3.63) is 29.8 Å². The molecular weight excluding hydrogens is 226 g/mol. The van der Waals surface area contributed by atoms with Crippen LogP contribution in [0.1, 0.15) is 12.0 Å². The van der Waals surface area contributed by atoms with Gasteiger partial charge in [0.2, 0.25) is 0 Å². The van der Waals surface area contributed by atoms with Gasteiger partial charge in [0.1, 0.15) is 0 Å². The van der Waals surface area contributed by atoms with Crippen LogP contribution < -0.4 is 5.73 Å². The average Bonchev–Trinajstić information content (AvgIpc) is 2.25. The smallest absolute Gasteiger partial charge is 0.175 e. The highest BCUT2D eigenvalue weighted by Crippen LogP contribution is 2.12. The van der Waals surface area contributed by atoms with Gasteiger partial charge in [-0.05, 0) is 30.5 Å². The lowest BCUT2D eigenvalue weighted by atomic mass is 10.1. The minimum Gasteiger partial charge on any atom is -0.392 e. The Morgan fingerprint density at radius 2 is 1.88 bits per heavy atom. The van der Waals surface area contributed by atoms with Crippen molar-refractivity contribution in [1.82, 2.24) is 0 Å². The second kappa shape index (κ2) is 5.43. The highest BCUT2D eigenvalue weighted by Gasteiger charge is 2.06. The van der Waals surface area contributed by atoms with Crippen LogP contribution in [0.4, 0.5) is 0 Å². The van der Waals surface area contributed by atoms with Crippen molar-refractivity contribution in [3.8, 4) is 0 Å². The number of benzene rings is 1. The van der Waals surface area contributed by atoms with E-state index in [0.29, 0.717) is 17.7 Å². The van der Waals surface area contributed by atoms with E-state index in [1.807, 2.05) is 0 Å². The predicted molar refractivity (Wildman–Crippen MR) is 62.9 cm³/mol. The maximum Gasteiger partial charge on any atom is 0.175 e. The number of hydrogen-bond donors (Lipinski definition) is 2. The Labute approximate surface area is 96.0 Å². The number of nitrogens with two attached hydrogens (primary N) is 1. The molecule has 4 nitrogen and oxygen atoms in total. The fourth-order valence-corrected chi connectivity index (χ4v) is 1.98. The molecule has 0 radical (unpaired) electrons. The largest absolute Gasteiger partial charge is 0.392 e. The molecule has 0 saturated heterocycles. The lowest BCUT2D eigenvalue weighted by Gasteiger charge is -2.07. The molecule has 1 rings (SSSR count). The van der Waals surface area contributed by atoms with Crippen molar-refractivity contribution in [2.75, 3.05) is 12.8 Å². The van der Waals surface area contributed by atoms with Crippen molar-refractivity contribution in [2.24, 2.45) is 5.73 Å². The summed E-state index contributed by atoms with van der Waals surface area (Å²) in [7, 11) is -3.12. The Kier molecular flexibility index (Phi) is 4.46. The van der Waals surface area contributed by atoms with Crippen LogP contribution in [0.5, 0.6) is 0 Å². The molecule has 90 valence electrons. The fourth-order valence-electron chi connectivity index (χ4n) is 1.35. The zero-order chi connectivity index (χ0) is 12.2. The Hall–Kier alpha value is -0.910. The zero-order valence-electron chi connectivity index (χ0n) is 9.26. The molecule has 5 heteroatoms. The maximum absolute atomic E-state index is 11.2. The molecular formula is C11H17NO3S. The first kappa shape index (κ1) is 13.2. The first-order chi connectivity index (χ1) is 7.43. The quantitative estimate of drug-likeness (QED) is 0.781. The summed E-state index contributed by atoms with van der Waals surface area (Å²) >= 11 is 0. The molecule has 0 spiro atoms. The van der Waals surface area contributed by atoms with Gasteiger partial charge >= 0.3 is 0 Å². The van der Waals surface area contributed by atoms with E-state index in [1.54, 1.807) is 24.3 Å². The summed E-state index contributed by atoms with van der Waals surface area (Å²) in [6.45, 7) is 0.251. The summed E-state index contributed by atoms with van der Waals surface area (Å²) in [5, 5.41) is 9.28. The molecule has 1 atom stereocenters. The van der Waals surface area contributed by atoms with Gasteiger partial charge in [0.05, 0.1) is 11.0 Å². The number of aliphatic hydroxyl groups is 1. The molecule has 0 heterocycles. The molecule has 0 aliphatic rings. The van der Waals surface area contributed by atoms with E-state index in [2.05, 4.69) is 0 Å². The van der Waals surface area contributed by atoms with Crippen LogP contribution >= 0.6 is 0 Å². The summed E-state index contributed by atoms with van der Waals surface area (Å²) < 4.78 is 22.4. The van der Waals surface area contributed by atoms with E-state index >= 15 is 0 Å². The van der Waals surface area contributed by atoms with Gasteiger partial charge in [-0.15, -0.1) is 0 Å². The third-order valence-corrected chi connectivity index (χ3v) is 3.52. The van der Waals surface area contributed by atoms with Gasteiger partial charge in [-0.1, -0.05) is 12.1 Å². The van der Waals surface area contributed by atoms with Gasteiger partial charge in [-0.3, -0.25) is 0 Å². The third-order valence-electron chi connectivity index (χ3n) is 2.39. The van der Waals surface area contributed by atoms with Crippen molar-refractivity contribution in [3.63, 3.8) is 0 Å². The highest BCUT2D eigenvalue weighted by atomic mass is 32.2. The normalized spacial score (nSPS) is 13.7. The summed E-state index contributed by atoms with van der Waals surface area (Å²) in [6, 6.07) is 6.69. The summed E-state index contributed by atoms with van der Waals surface area (Å²) in [4.78, 5) is 0.315. The molecule has 1 aromatic rings. The summed E-state index contributed by atoms with van der Waals surface area (Å²) in [5.74, 6) is 0. The Bertz CT molecular complexity index is 425. The molecule has 0 fully saturated rings. The minimum absolute atomic E-state index is 0.251. The van der Waals surface area contributed by atoms with Gasteiger partial charge in [0.25, 0.3) is 0 Å². The molecule has 0 aliphatic heterocycles. The van der Waals surface area contributed by atoms with Gasteiger partial charge in [0, 0.05) is 12.8 Å². The maximum atomic E-state index is 11.2. The second-order valence-corrected chi connectivity index (χ2v) is 5.86. The SMILES string of the molecule is CS(=O)(=O)c1ccc(CCC(O)CN)cc1. The predicted octanol–water partition coefficient (Wildman–Crippen LogP) is 0.342. The summed E-state index contributed by atoms with van der Waals surface area (Å²) in [5.41, 5.74) is 6.29. The van der Waals surface area contributed by atoms with E-state index in [9.17, 15) is 13.5 Å². The first-order valence-electron chi connectivity index (χ1n) is 5.10. The molecule has 0 aromatic heterocycles. The molecule has 3 N–H and O–H groups in total. The van der Waals surface area contributed by atoms with E-state index in [-0.39, 0.29) is 6.54 Å². The van der Waals surface area contributed by atoms with E-state index in [1.165, 1.54) is 6.26 Å². The number of aryl methyl sites for hydroxylation is 1. The number of aliphatic hydroxyl groups excluding tert-OH is 1. The Morgan fingerprint density at radius 1 is 1.31 bits per heavy atom. The standard InChI is InChI=1S/C11H17NO3S/c1-16(14,15)11-6-3-9(4-7-11)2-5-10(13)8-12/h3-4,6-7,10,13H,2,5,8,12H2,1H3. The van der Waals surface area contributed by atoms with Crippen LogP contribution in [0.2, 0.25) is 0 Å². The fraction of sp³-hybridized carbons (Fsp3) is 0.455. The minimum atomic E-state index is -3.12. The summed E-state index contributed by atoms with van der Waals surface area (Å²) in [6.07, 6.45) is 1.98. The van der Waals surface area contributed by atoms with Crippen LogP contribution in [0.15, 0.2) is 29.2 Å². The van der Waals surface area contributed by atoms with E-state index in [4.69, 9.17) is 5.73 Å². The lowest BCUT2D eigenvalue weighted by molar-refractivity contribution is 0.173. The van der Waals surface area contributed by atoms with Gasteiger partial charge < -0.3 is 10.8 Å². The Balaban J connectivity index is 2.66. The molecule has 16 heavy (non-hydrogen) atoms. The second-order valence-electron chi connectivity index (χ2n) is 3.84. The van der Waals surface area contributed by atoms with E-state index < -0.39 is 15.9 Å². The van der Waals surface area contributed by atoms with Crippen LogP contribution in [0, 0.1) is 0 Å². The number of hydrogen-bond acceptors (Lipinski definition) is 4. The molecule has 0 aliphatic carbocycles. The molecule has 0 bridgehead atoms. The average molecular weight is 243 g/mol. The van der Waals surface area contributed by atoms with Crippen LogP contribution in [0.3, 0.4) is 0 Å². The van der Waals surface area contributed by atoms with Crippen LogP contribution in [0.25, 0.3) is 0 Å². The topological polar surface area (TPSA) is 80.4 Å². The van der Waals surface area contributed by atoms with Gasteiger partial charge in [0.15, 0.2) is 9.84 Å². The Morgan fingerprint density at radius 3 is 2.31 bits per heavy atom. The molecule has 1 unspecified atom stereocenters. The highest BCUT2D eigenvalue weighted by molar-refractivity contribution is 7.90. The molecule has 0 amide bonds.